The largest absolute Gasteiger partial charge is 0.290 e. The summed E-state index contributed by atoms with van der Waals surface area (Å²) < 4.78 is 0. The normalized spacial score (nSPS) is 27.6. The van der Waals surface area contributed by atoms with E-state index in [4.69, 9.17) is 0 Å². The van der Waals surface area contributed by atoms with Crippen LogP contribution in [0, 0.1) is 5.92 Å². The lowest BCUT2D eigenvalue weighted by Gasteiger charge is -2.35. The number of hydrogen-bond acceptors (Lipinski definition) is 1. The van der Waals surface area contributed by atoms with Crippen molar-refractivity contribution in [1.82, 2.24) is 0 Å². The number of carbonyl (C=O) groups excluding carboxylic acids is 1. The molecule has 2 aliphatic rings. The lowest BCUT2D eigenvalue weighted by Crippen LogP contribution is -2.36. The van der Waals surface area contributed by atoms with E-state index in [1.807, 2.05) is 6.08 Å². The topological polar surface area (TPSA) is 17.1 Å². The van der Waals surface area contributed by atoms with Crippen molar-refractivity contribution < 1.29 is 4.79 Å². The van der Waals surface area contributed by atoms with Gasteiger partial charge in [0.05, 0.1) is 8.07 Å². The van der Waals surface area contributed by atoms with E-state index in [2.05, 4.69) is 39.6 Å². The number of allylic oxidation sites excluding steroid dienone is 3. The summed E-state index contributed by atoms with van der Waals surface area (Å²) in [5.41, 5.74) is 4.92. The molecule has 17 heavy (non-hydrogen) atoms. The average Bonchev–Trinajstić information content (AvgIpc) is 2.68. The average molecular weight is 248 g/mol. The van der Waals surface area contributed by atoms with Gasteiger partial charge in [-0.1, -0.05) is 45.1 Å². The summed E-state index contributed by atoms with van der Waals surface area (Å²) in [6.07, 6.45) is 5.51. The predicted octanol–water partition coefficient (Wildman–Crippen LogP) is 4.27. The monoisotopic (exact) mass is 248 g/mol. The van der Waals surface area contributed by atoms with Crippen LogP contribution in [-0.4, -0.2) is 13.9 Å². The molecule has 2 rings (SSSR count). The van der Waals surface area contributed by atoms with E-state index < -0.39 is 8.07 Å². The molecule has 0 saturated heterocycles. The summed E-state index contributed by atoms with van der Waals surface area (Å²) >= 11 is 0. The molecule has 1 nitrogen and oxygen atoms in total. The minimum Gasteiger partial charge on any atom is -0.290 e. The minimum atomic E-state index is -1.49. The molecule has 0 spiro atoms. The third kappa shape index (κ3) is 2.20. The van der Waals surface area contributed by atoms with Crippen molar-refractivity contribution in [3.8, 4) is 0 Å². The van der Waals surface area contributed by atoms with Crippen LogP contribution in [0.15, 0.2) is 22.9 Å². The Labute approximate surface area is 106 Å². The van der Waals surface area contributed by atoms with Gasteiger partial charge in [0.15, 0.2) is 5.78 Å². The first-order chi connectivity index (χ1) is 7.72. The zero-order chi connectivity index (χ0) is 12.8. The quantitative estimate of drug-likeness (QED) is 0.500. The first-order valence-corrected chi connectivity index (χ1v) is 9.78. The van der Waals surface area contributed by atoms with Crippen LogP contribution in [0.3, 0.4) is 0 Å². The van der Waals surface area contributed by atoms with Crippen LogP contribution >= 0.6 is 0 Å². The highest BCUT2D eigenvalue weighted by Crippen LogP contribution is 2.44. The van der Waals surface area contributed by atoms with Crippen molar-refractivity contribution in [2.75, 3.05) is 0 Å². The van der Waals surface area contributed by atoms with Crippen molar-refractivity contribution in [3.63, 3.8) is 0 Å². The van der Waals surface area contributed by atoms with Crippen LogP contribution in [0.4, 0.5) is 0 Å². The zero-order valence-electron chi connectivity index (χ0n) is 11.8. The Bertz CT molecular complexity index is 407. The van der Waals surface area contributed by atoms with E-state index >= 15 is 0 Å². The Morgan fingerprint density at radius 1 is 1.35 bits per heavy atom. The van der Waals surface area contributed by atoms with Crippen LogP contribution in [-0.2, 0) is 4.79 Å². The van der Waals surface area contributed by atoms with Crippen molar-refractivity contribution in [3.05, 3.63) is 22.9 Å². The second-order valence-corrected chi connectivity index (χ2v) is 12.3. The third-order valence-electron chi connectivity index (χ3n) is 4.83. The summed E-state index contributed by atoms with van der Waals surface area (Å²) in [6.45, 7) is 11.7. The van der Waals surface area contributed by atoms with Gasteiger partial charge in [-0.2, -0.15) is 0 Å². The summed E-state index contributed by atoms with van der Waals surface area (Å²) in [7, 11) is -1.49. The van der Waals surface area contributed by atoms with Gasteiger partial charge in [-0.15, -0.1) is 0 Å². The fraction of sp³-hybridized carbons (Fsp3) is 0.667. The molecule has 0 aromatic carbocycles. The Morgan fingerprint density at radius 2 is 2.00 bits per heavy atom. The Morgan fingerprint density at radius 3 is 2.59 bits per heavy atom. The van der Waals surface area contributed by atoms with Gasteiger partial charge < -0.3 is 0 Å². The van der Waals surface area contributed by atoms with Gasteiger partial charge in [-0.3, -0.25) is 4.79 Å². The van der Waals surface area contributed by atoms with E-state index in [0.717, 1.165) is 12.0 Å². The smallest absolute Gasteiger partial charge is 0.181 e. The molecular formula is C15H24OSi. The van der Waals surface area contributed by atoms with Gasteiger partial charge in [-0.25, -0.2) is 0 Å². The van der Waals surface area contributed by atoms with Crippen molar-refractivity contribution >= 4 is 13.9 Å². The van der Waals surface area contributed by atoms with Gasteiger partial charge >= 0.3 is 0 Å². The van der Waals surface area contributed by atoms with E-state index in [1.165, 1.54) is 18.4 Å². The molecule has 2 heteroatoms. The first kappa shape index (κ1) is 12.8. The predicted molar refractivity (Wildman–Crippen MR) is 75.7 cm³/mol. The third-order valence-corrected chi connectivity index (χ3v) is 9.73. The number of ketones is 1. The van der Waals surface area contributed by atoms with Crippen LogP contribution in [0.5, 0.6) is 0 Å². The maximum atomic E-state index is 12.1. The summed E-state index contributed by atoms with van der Waals surface area (Å²) in [5, 5.41) is 0.321. The molecule has 1 fully saturated rings. The van der Waals surface area contributed by atoms with E-state index in [1.54, 1.807) is 0 Å². The second-order valence-electron chi connectivity index (χ2n) is 7.10. The Kier molecular flexibility index (Phi) is 2.97. The molecule has 0 amide bonds. The standard InChI is InChI=1S/C15H24OSi/c1-15(2,3)17(4,5)10-13-12-8-6-7-11(12)9-14(13)16/h9-10,12H,6-8H2,1-5H3/b13-10+. The van der Waals surface area contributed by atoms with Crippen molar-refractivity contribution in [2.24, 2.45) is 5.92 Å². The lowest BCUT2D eigenvalue weighted by atomic mass is 10.0. The maximum Gasteiger partial charge on any atom is 0.181 e. The fourth-order valence-corrected chi connectivity index (χ4v) is 4.15. The molecule has 0 heterocycles. The highest BCUT2D eigenvalue weighted by Gasteiger charge is 2.39. The first-order valence-electron chi connectivity index (χ1n) is 6.70. The molecule has 0 bridgehead atoms. The van der Waals surface area contributed by atoms with Crippen LogP contribution in [0.1, 0.15) is 40.0 Å². The molecule has 0 aliphatic heterocycles. The molecule has 0 aromatic heterocycles. The van der Waals surface area contributed by atoms with E-state index in [0.29, 0.717) is 16.7 Å². The van der Waals surface area contributed by atoms with Gasteiger partial charge in [0, 0.05) is 5.92 Å². The molecule has 1 atom stereocenters. The Hall–Kier alpha value is -0.633. The van der Waals surface area contributed by atoms with Crippen molar-refractivity contribution in [2.45, 2.75) is 58.2 Å². The number of rotatable bonds is 1. The Balaban J connectivity index is 2.33. The van der Waals surface area contributed by atoms with Gasteiger partial charge in [-0.05, 0) is 35.9 Å². The molecule has 1 unspecified atom stereocenters. The van der Waals surface area contributed by atoms with Gasteiger partial charge in [0.1, 0.15) is 0 Å². The van der Waals surface area contributed by atoms with Crippen LogP contribution < -0.4 is 0 Å². The van der Waals surface area contributed by atoms with Crippen LogP contribution in [0.2, 0.25) is 18.1 Å². The number of hydrogen-bond donors (Lipinski definition) is 0. The minimum absolute atomic E-state index is 0.300. The molecule has 0 aromatic rings. The van der Waals surface area contributed by atoms with E-state index in [-0.39, 0.29) is 0 Å². The molecular weight excluding hydrogens is 224 g/mol. The number of carbonyl (C=O) groups is 1. The van der Waals surface area contributed by atoms with Crippen molar-refractivity contribution in [1.29, 1.82) is 0 Å². The van der Waals surface area contributed by atoms with Gasteiger partial charge in [0.2, 0.25) is 0 Å². The zero-order valence-corrected chi connectivity index (χ0v) is 12.8. The van der Waals surface area contributed by atoms with Crippen LogP contribution in [0.25, 0.3) is 0 Å². The SMILES string of the molecule is CC(C)(C)[Si](C)(C)/C=C1/C(=O)C=C2CCCC21. The molecule has 0 N–H and O–H groups in total. The van der Waals surface area contributed by atoms with Gasteiger partial charge in [0.25, 0.3) is 0 Å². The highest BCUT2D eigenvalue weighted by molar-refractivity contribution is 6.85. The highest BCUT2D eigenvalue weighted by atomic mass is 28.3. The summed E-state index contributed by atoms with van der Waals surface area (Å²) in [5.74, 6) is 0.783. The summed E-state index contributed by atoms with van der Waals surface area (Å²) in [6, 6.07) is 0. The van der Waals surface area contributed by atoms with E-state index in [9.17, 15) is 4.79 Å². The second kappa shape index (κ2) is 3.94. The lowest BCUT2D eigenvalue weighted by molar-refractivity contribution is -0.111. The molecule has 2 aliphatic carbocycles. The number of fused-ring (bicyclic) bond motifs is 1. The summed E-state index contributed by atoms with van der Waals surface area (Å²) in [4.78, 5) is 12.1. The fourth-order valence-electron chi connectivity index (χ4n) is 2.60. The maximum absolute atomic E-state index is 12.1. The molecule has 0 radical (unpaired) electrons. The molecule has 1 saturated carbocycles. The molecule has 94 valence electrons.